The topological polar surface area (TPSA) is 92.9 Å². The molecule has 8 heteroatoms. The van der Waals surface area contributed by atoms with Crippen molar-refractivity contribution in [3.8, 4) is 11.4 Å². The Morgan fingerprint density at radius 3 is 2.62 bits per heavy atom. The quantitative estimate of drug-likeness (QED) is 0.524. The molecule has 4 aromatic rings. The predicted octanol–water partition coefficient (Wildman–Crippen LogP) is 4.51. The van der Waals surface area contributed by atoms with Crippen molar-refractivity contribution in [3.63, 3.8) is 0 Å². The summed E-state index contributed by atoms with van der Waals surface area (Å²) in [7, 11) is 0. The number of para-hydroxylation sites is 1. The van der Waals surface area contributed by atoms with Gasteiger partial charge in [0, 0.05) is 29.3 Å². The number of amides is 2. The highest BCUT2D eigenvalue weighted by atomic mass is 19.1. The Morgan fingerprint density at radius 2 is 1.83 bits per heavy atom. The van der Waals surface area contributed by atoms with Crippen molar-refractivity contribution in [1.29, 1.82) is 0 Å². The summed E-state index contributed by atoms with van der Waals surface area (Å²) in [6.07, 6.45) is 3.67. The van der Waals surface area contributed by atoms with E-state index in [1.165, 1.54) is 24.3 Å². The maximum atomic E-state index is 13.0. The minimum atomic E-state index is -0.439. The van der Waals surface area contributed by atoms with E-state index < -0.39 is 6.03 Å². The number of rotatable bonds is 5. The second-order valence-corrected chi connectivity index (χ2v) is 6.17. The molecule has 0 bridgehead atoms. The maximum absolute atomic E-state index is 13.0. The van der Waals surface area contributed by atoms with Gasteiger partial charge in [-0.3, -0.25) is 4.98 Å². The lowest BCUT2D eigenvalue weighted by Crippen LogP contribution is -2.20. The first-order valence-electron chi connectivity index (χ1n) is 8.82. The lowest BCUT2D eigenvalue weighted by molar-refractivity contribution is 0.262. The summed E-state index contributed by atoms with van der Waals surface area (Å²) in [6, 6.07) is 16.0. The Kier molecular flexibility index (Phi) is 5.24. The zero-order valence-corrected chi connectivity index (χ0v) is 15.2. The number of hydrogen-bond donors (Lipinski definition) is 2. The van der Waals surface area contributed by atoms with Crippen LogP contribution < -0.4 is 10.6 Å². The van der Waals surface area contributed by atoms with Crippen molar-refractivity contribution >= 4 is 17.4 Å². The highest BCUT2D eigenvalue weighted by Gasteiger charge is 2.13. The van der Waals surface area contributed by atoms with Crippen LogP contribution in [0.4, 0.5) is 20.6 Å². The SMILES string of the molecule is O=C(Nc1ccc(F)cc1)Nc1ccccc1Cc1nc(-c2cccnc2)no1. The summed E-state index contributed by atoms with van der Waals surface area (Å²) in [5.41, 5.74) is 2.66. The van der Waals surface area contributed by atoms with E-state index in [0.717, 1.165) is 11.1 Å². The summed E-state index contributed by atoms with van der Waals surface area (Å²) in [6.45, 7) is 0. The average Bonchev–Trinajstić information content (AvgIpc) is 3.20. The van der Waals surface area contributed by atoms with Crippen LogP contribution in [0.15, 0.2) is 77.6 Å². The number of anilines is 2. The van der Waals surface area contributed by atoms with Crippen LogP contribution in [0.25, 0.3) is 11.4 Å². The molecule has 0 unspecified atom stereocenters. The van der Waals surface area contributed by atoms with Crippen LogP contribution in [0.1, 0.15) is 11.5 Å². The minimum Gasteiger partial charge on any atom is -0.339 e. The first-order valence-corrected chi connectivity index (χ1v) is 8.82. The molecule has 2 N–H and O–H groups in total. The number of nitrogens with zero attached hydrogens (tertiary/aromatic N) is 3. The summed E-state index contributed by atoms with van der Waals surface area (Å²) < 4.78 is 18.3. The van der Waals surface area contributed by atoms with Crippen LogP contribution in [0.3, 0.4) is 0 Å². The largest absolute Gasteiger partial charge is 0.339 e. The lowest BCUT2D eigenvalue weighted by Gasteiger charge is -2.11. The Bertz CT molecular complexity index is 1110. The Hall–Kier alpha value is -4.07. The number of aromatic nitrogens is 3. The number of benzene rings is 2. The molecule has 2 amide bonds. The fourth-order valence-corrected chi connectivity index (χ4v) is 2.72. The Labute approximate surface area is 165 Å². The van der Waals surface area contributed by atoms with Crippen LogP contribution in [0, 0.1) is 5.82 Å². The molecule has 2 heterocycles. The van der Waals surface area contributed by atoms with Crippen molar-refractivity contribution in [1.82, 2.24) is 15.1 Å². The molecular weight excluding hydrogens is 373 g/mol. The van der Waals surface area contributed by atoms with Crippen molar-refractivity contribution in [2.24, 2.45) is 0 Å². The van der Waals surface area contributed by atoms with E-state index in [0.29, 0.717) is 29.5 Å². The normalized spacial score (nSPS) is 10.5. The monoisotopic (exact) mass is 389 g/mol. The molecule has 7 nitrogen and oxygen atoms in total. The molecule has 4 rings (SSSR count). The van der Waals surface area contributed by atoms with Crippen LogP contribution >= 0.6 is 0 Å². The zero-order valence-electron chi connectivity index (χ0n) is 15.2. The van der Waals surface area contributed by atoms with E-state index in [1.54, 1.807) is 24.5 Å². The molecule has 144 valence electrons. The van der Waals surface area contributed by atoms with E-state index in [9.17, 15) is 9.18 Å². The maximum Gasteiger partial charge on any atom is 0.323 e. The van der Waals surface area contributed by atoms with Crippen LogP contribution in [-0.4, -0.2) is 21.2 Å². The summed E-state index contributed by atoms with van der Waals surface area (Å²) in [5.74, 6) is 0.496. The van der Waals surface area contributed by atoms with Crippen molar-refractivity contribution < 1.29 is 13.7 Å². The highest BCUT2D eigenvalue weighted by Crippen LogP contribution is 2.21. The van der Waals surface area contributed by atoms with E-state index in [-0.39, 0.29) is 5.82 Å². The molecule has 0 aliphatic carbocycles. The van der Waals surface area contributed by atoms with Gasteiger partial charge < -0.3 is 15.2 Å². The second kappa shape index (κ2) is 8.30. The van der Waals surface area contributed by atoms with Gasteiger partial charge in [-0.15, -0.1) is 0 Å². The number of nitrogens with one attached hydrogen (secondary N) is 2. The molecule has 0 radical (unpaired) electrons. The molecule has 29 heavy (non-hydrogen) atoms. The molecule has 0 atom stereocenters. The fourth-order valence-electron chi connectivity index (χ4n) is 2.72. The summed E-state index contributed by atoms with van der Waals surface area (Å²) in [5, 5.41) is 9.43. The van der Waals surface area contributed by atoms with Gasteiger partial charge in [-0.25, -0.2) is 9.18 Å². The molecular formula is C21H16FN5O2. The van der Waals surface area contributed by atoms with E-state index in [1.807, 2.05) is 24.3 Å². The average molecular weight is 389 g/mol. The van der Waals surface area contributed by atoms with Crippen LogP contribution in [-0.2, 0) is 6.42 Å². The number of urea groups is 1. The molecule has 0 fully saturated rings. The number of carbonyl (C=O) groups excluding carboxylic acids is 1. The molecule has 0 spiro atoms. The molecule has 2 aromatic heterocycles. The van der Waals surface area contributed by atoms with Gasteiger partial charge in [0.05, 0.1) is 6.42 Å². The van der Waals surface area contributed by atoms with Gasteiger partial charge in [0.25, 0.3) is 0 Å². The highest BCUT2D eigenvalue weighted by molar-refractivity contribution is 6.00. The van der Waals surface area contributed by atoms with Gasteiger partial charge in [-0.1, -0.05) is 23.4 Å². The van der Waals surface area contributed by atoms with E-state index in [2.05, 4.69) is 25.8 Å². The van der Waals surface area contributed by atoms with Crippen molar-refractivity contribution in [2.75, 3.05) is 10.6 Å². The Balaban J connectivity index is 1.46. The van der Waals surface area contributed by atoms with Gasteiger partial charge in [-0.2, -0.15) is 4.98 Å². The van der Waals surface area contributed by atoms with E-state index in [4.69, 9.17) is 4.52 Å². The van der Waals surface area contributed by atoms with Gasteiger partial charge >= 0.3 is 6.03 Å². The van der Waals surface area contributed by atoms with Gasteiger partial charge in [0.15, 0.2) is 0 Å². The minimum absolute atomic E-state index is 0.347. The predicted molar refractivity (Wildman–Crippen MR) is 106 cm³/mol. The molecule has 0 saturated heterocycles. The third-order valence-corrected chi connectivity index (χ3v) is 4.10. The fraction of sp³-hybridized carbons (Fsp3) is 0.0476. The molecule has 2 aromatic carbocycles. The second-order valence-electron chi connectivity index (χ2n) is 6.17. The molecule has 0 aliphatic rings. The van der Waals surface area contributed by atoms with Crippen molar-refractivity contribution in [2.45, 2.75) is 6.42 Å². The zero-order chi connectivity index (χ0) is 20.1. The van der Waals surface area contributed by atoms with Crippen LogP contribution in [0.5, 0.6) is 0 Å². The lowest BCUT2D eigenvalue weighted by atomic mass is 10.1. The van der Waals surface area contributed by atoms with Crippen molar-refractivity contribution in [3.05, 3.63) is 90.3 Å². The third kappa shape index (κ3) is 4.62. The number of carbonyl (C=O) groups is 1. The van der Waals surface area contributed by atoms with Gasteiger partial charge in [-0.05, 0) is 48.0 Å². The third-order valence-electron chi connectivity index (χ3n) is 4.10. The number of hydrogen-bond acceptors (Lipinski definition) is 5. The smallest absolute Gasteiger partial charge is 0.323 e. The first-order chi connectivity index (χ1) is 14.2. The molecule has 0 saturated carbocycles. The van der Waals surface area contributed by atoms with Crippen LogP contribution in [0.2, 0.25) is 0 Å². The Morgan fingerprint density at radius 1 is 1.00 bits per heavy atom. The summed E-state index contributed by atoms with van der Waals surface area (Å²) >= 11 is 0. The first kappa shape index (κ1) is 18.3. The number of halogens is 1. The standard InChI is InChI=1S/C21H16FN5O2/c22-16-7-9-17(10-8-16)24-21(28)25-18-6-2-1-4-14(18)12-19-26-20(27-29-19)15-5-3-11-23-13-15/h1-11,13H,12H2,(H2,24,25,28). The summed E-state index contributed by atoms with van der Waals surface area (Å²) in [4.78, 5) is 20.7. The van der Waals surface area contributed by atoms with Gasteiger partial charge in [0.2, 0.25) is 11.7 Å². The number of pyridine rings is 1. The molecule has 0 aliphatic heterocycles. The van der Waals surface area contributed by atoms with Gasteiger partial charge in [0.1, 0.15) is 5.82 Å². The van der Waals surface area contributed by atoms with E-state index >= 15 is 0 Å².